The quantitative estimate of drug-likeness (QED) is 0.391. The number of allylic oxidation sites excluding steroid dienone is 1. The molecule has 0 aliphatic carbocycles. The van der Waals surface area contributed by atoms with E-state index in [2.05, 4.69) is 10.3 Å². The van der Waals surface area contributed by atoms with Crippen molar-refractivity contribution >= 4 is 29.0 Å². The van der Waals surface area contributed by atoms with Crippen LogP contribution in [0.5, 0.6) is 0 Å². The first-order valence-electron chi connectivity index (χ1n) is 6.56. The van der Waals surface area contributed by atoms with Crippen LogP contribution in [0.3, 0.4) is 0 Å². The SMILES string of the molecule is O=[N+]([O-])c1cccc(NC=CC=[NH+]c2cccc([N+](=O)[O-])c2)c1.[Cl-]. The van der Waals surface area contributed by atoms with Crippen molar-refractivity contribution in [2.75, 3.05) is 5.32 Å². The number of anilines is 1. The van der Waals surface area contributed by atoms with E-state index in [0.29, 0.717) is 11.4 Å². The van der Waals surface area contributed by atoms with Crippen molar-refractivity contribution < 1.29 is 27.2 Å². The number of nitrogens with one attached hydrogen (secondary N) is 2. The predicted octanol–water partition coefficient (Wildman–Crippen LogP) is -1.08. The second-order valence-electron chi connectivity index (χ2n) is 4.43. The van der Waals surface area contributed by atoms with Crippen molar-refractivity contribution in [2.24, 2.45) is 0 Å². The van der Waals surface area contributed by atoms with Gasteiger partial charge in [-0.05, 0) is 12.1 Å². The van der Waals surface area contributed by atoms with Gasteiger partial charge in [0, 0.05) is 42.2 Å². The number of hydrogen-bond donors (Lipinski definition) is 2. The van der Waals surface area contributed by atoms with E-state index in [4.69, 9.17) is 0 Å². The topological polar surface area (TPSA) is 112 Å². The molecule has 0 saturated carbocycles. The summed E-state index contributed by atoms with van der Waals surface area (Å²) >= 11 is 0. The number of non-ortho nitro benzene ring substituents is 2. The highest BCUT2D eigenvalue weighted by Crippen LogP contribution is 2.16. The Labute approximate surface area is 143 Å². The third-order valence-corrected chi connectivity index (χ3v) is 2.81. The molecule has 2 N–H and O–H groups in total. The third-order valence-electron chi connectivity index (χ3n) is 2.81. The average Bonchev–Trinajstić information content (AvgIpc) is 2.55. The number of nitro groups is 2. The van der Waals surface area contributed by atoms with Gasteiger partial charge in [0.05, 0.1) is 15.9 Å². The lowest BCUT2D eigenvalue weighted by molar-refractivity contribution is -0.387. The van der Waals surface area contributed by atoms with Gasteiger partial charge in [0.2, 0.25) is 5.69 Å². The van der Waals surface area contributed by atoms with Crippen molar-refractivity contribution in [3.8, 4) is 0 Å². The van der Waals surface area contributed by atoms with E-state index < -0.39 is 9.85 Å². The smallest absolute Gasteiger partial charge is 0.276 e. The van der Waals surface area contributed by atoms with Crippen molar-refractivity contribution in [1.82, 2.24) is 0 Å². The Morgan fingerprint density at radius 3 is 2.25 bits per heavy atom. The molecule has 0 aliphatic heterocycles. The van der Waals surface area contributed by atoms with Crippen LogP contribution in [0.15, 0.2) is 60.8 Å². The Morgan fingerprint density at radius 2 is 1.58 bits per heavy atom. The lowest BCUT2D eigenvalue weighted by Crippen LogP contribution is -3.00. The summed E-state index contributed by atoms with van der Waals surface area (Å²) in [6, 6.07) is 12.2. The van der Waals surface area contributed by atoms with Gasteiger partial charge in [-0.1, -0.05) is 6.07 Å². The number of rotatable bonds is 6. The van der Waals surface area contributed by atoms with E-state index in [1.165, 1.54) is 24.3 Å². The van der Waals surface area contributed by atoms with E-state index in [1.54, 1.807) is 42.8 Å². The molecular formula is C15H13ClN4O4. The van der Waals surface area contributed by atoms with Gasteiger partial charge in [0.25, 0.3) is 11.4 Å². The van der Waals surface area contributed by atoms with Crippen molar-refractivity contribution in [3.05, 3.63) is 81.0 Å². The summed E-state index contributed by atoms with van der Waals surface area (Å²) in [6.45, 7) is 0. The first-order valence-corrected chi connectivity index (χ1v) is 6.56. The fourth-order valence-corrected chi connectivity index (χ4v) is 1.76. The minimum Gasteiger partial charge on any atom is -1.00 e. The van der Waals surface area contributed by atoms with Crippen molar-refractivity contribution in [1.29, 1.82) is 0 Å². The van der Waals surface area contributed by atoms with Gasteiger partial charge in [-0.2, -0.15) is 0 Å². The molecule has 0 saturated heterocycles. The first kappa shape index (κ1) is 18.8. The van der Waals surface area contributed by atoms with Crippen molar-refractivity contribution in [2.45, 2.75) is 0 Å². The molecule has 0 atom stereocenters. The molecule has 2 aromatic carbocycles. The highest BCUT2D eigenvalue weighted by atomic mass is 35.5. The number of hydrogen-bond acceptors (Lipinski definition) is 5. The summed E-state index contributed by atoms with van der Waals surface area (Å²) in [4.78, 5) is 23.3. The van der Waals surface area contributed by atoms with Gasteiger partial charge in [0.1, 0.15) is 0 Å². The number of benzene rings is 2. The lowest BCUT2D eigenvalue weighted by atomic mass is 10.3. The second-order valence-corrected chi connectivity index (χ2v) is 4.43. The number of nitrogens with zero attached hydrogens (tertiary/aromatic N) is 2. The molecule has 2 rings (SSSR count). The van der Waals surface area contributed by atoms with Gasteiger partial charge < -0.3 is 17.7 Å². The minimum absolute atomic E-state index is 0. The summed E-state index contributed by atoms with van der Waals surface area (Å²) in [5, 5.41) is 24.2. The monoisotopic (exact) mass is 348 g/mol. The van der Waals surface area contributed by atoms with Crippen LogP contribution in [0.4, 0.5) is 22.7 Å². The first-order chi connectivity index (χ1) is 11.1. The standard InChI is InChI=1S/C15H12N4O4.ClH/c20-18(21)14-6-1-4-12(10-14)16-8-3-9-17-13-5-2-7-15(11-13)19(22)23;/h1-11,16H;1H. The maximum atomic E-state index is 10.7. The predicted molar refractivity (Wildman–Crippen MR) is 85.6 cm³/mol. The molecule has 0 amide bonds. The van der Waals surface area contributed by atoms with Gasteiger partial charge in [-0.25, -0.2) is 4.99 Å². The Kier molecular flexibility index (Phi) is 7.05. The Morgan fingerprint density at radius 1 is 0.958 bits per heavy atom. The van der Waals surface area contributed by atoms with Gasteiger partial charge >= 0.3 is 0 Å². The van der Waals surface area contributed by atoms with Crippen molar-refractivity contribution in [3.63, 3.8) is 0 Å². The van der Waals surface area contributed by atoms with Crippen LogP contribution in [0, 0.1) is 20.2 Å². The van der Waals surface area contributed by atoms with Gasteiger partial charge in [0.15, 0.2) is 6.21 Å². The summed E-state index contributed by atoms with van der Waals surface area (Å²) in [6.07, 6.45) is 4.81. The normalized spacial score (nSPS) is 10.5. The van der Waals surface area contributed by atoms with Gasteiger partial charge in [-0.3, -0.25) is 20.2 Å². The van der Waals surface area contributed by atoms with E-state index in [9.17, 15) is 20.2 Å². The average molecular weight is 349 g/mol. The molecule has 9 heteroatoms. The fourth-order valence-electron chi connectivity index (χ4n) is 1.76. The van der Waals surface area contributed by atoms with Crippen LogP contribution in [0.2, 0.25) is 0 Å². The van der Waals surface area contributed by atoms with Crippen LogP contribution < -0.4 is 22.7 Å². The molecule has 0 fully saturated rings. The molecule has 0 aliphatic rings. The molecule has 124 valence electrons. The van der Waals surface area contributed by atoms with E-state index in [-0.39, 0.29) is 23.8 Å². The zero-order valence-corrected chi connectivity index (χ0v) is 13.0. The summed E-state index contributed by atoms with van der Waals surface area (Å²) in [5.74, 6) is 0. The highest BCUT2D eigenvalue weighted by molar-refractivity contribution is 5.67. The molecule has 0 unspecified atom stereocenters. The molecule has 0 radical (unpaired) electrons. The maximum absolute atomic E-state index is 10.7. The number of halogens is 1. The van der Waals surface area contributed by atoms with Crippen LogP contribution in [-0.4, -0.2) is 16.1 Å². The van der Waals surface area contributed by atoms with E-state index >= 15 is 0 Å². The zero-order valence-electron chi connectivity index (χ0n) is 12.3. The minimum atomic E-state index is -0.467. The molecule has 24 heavy (non-hydrogen) atoms. The molecule has 0 heterocycles. The van der Waals surface area contributed by atoms with Crippen LogP contribution >= 0.6 is 0 Å². The Hall–Kier alpha value is -3.26. The molecule has 0 aromatic heterocycles. The van der Waals surface area contributed by atoms with Crippen LogP contribution in [-0.2, 0) is 0 Å². The summed E-state index contributed by atoms with van der Waals surface area (Å²) in [7, 11) is 0. The lowest BCUT2D eigenvalue weighted by Gasteiger charge is -1.98. The molecule has 8 nitrogen and oxygen atoms in total. The molecule has 0 bridgehead atoms. The van der Waals surface area contributed by atoms with Crippen LogP contribution in [0.25, 0.3) is 0 Å². The second kappa shape index (κ2) is 9.01. The third kappa shape index (κ3) is 5.50. The zero-order chi connectivity index (χ0) is 16.7. The molecule has 2 aromatic rings. The number of nitro benzene ring substituents is 2. The molecule has 0 spiro atoms. The molecular weight excluding hydrogens is 336 g/mol. The highest BCUT2D eigenvalue weighted by Gasteiger charge is 2.07. The Bertz CT molecular complexity index is 793. The fraction of sp³-hybridized carbons (Fsp3) is 0. The van der Waals surface area contributed by atoms with E-state index in [0.717, 1.165) is 0 Å². The Balaban J connectivity index is 0.00000288. The summed E-state index contributed by atoms with van der Waals surface area (Å²) in [5.41, 5.74) is 1.17. The largest absolute Gasteiger partial charge is 1.00 e. The van der Waals surface area contributed by atoms with Gasteiger partial charge in [-0.15, -0.1) is 0 Å². The maximum Gasteiger partial charge on any atom is 0.276 e. The summed E-state index contributed by atoms with van der Waals surface area (Å²) < 4.78 is 0. The van der Waals surface area contributed by atoms with Crippen LogP contribution in [0.1, 0.15) is 0 Å². The van der Waals surface area contributed by atoms with E-state index in [1.807, 2.05) is 0 Å².